The summed E-state index contributed by atoms with van der Waals surface area (Å²) >= 11 is 2.18. The van der Waals surface area contributed by atoms with E-state index in [4.69, 9.17) is 5.73 Å². The summed E-state index contributed by atoms with van der Waals surface area (Å²) in [6.07, 6.45) is 0. The lowest BCUT2D eigenvalue weighted by Crippen LogP contribution is -2.44. The molecule has 24 heavy (non-hydrogen) atoms. The Morgan fingerprint density at radius 3 is 2.54 bits per heavy atom. The minimum atomic E-state index is -0.110. The van der Waals surface area contributed by atoms with Crippen molar-refractivity contribution in [1.82, 2.24) is 4.90 Å². The topological polar surface area (TPSA) is 61.6 Å². The lowest BCUT2D eigenvalue weighted by atomic mass is 10.1. The highest BCUT2D eigenvalue weighted by molar-refractivity contribution is 14.1. The molecule has 1 amide bonds. The van der Waals surface area contributed by atoms with Gasteiger partial charge in [0.1, 0.15) is 0 Å². The summed E-state index contributed by atoms with van der Waals surface area (Å²) < 4.78 is 0.928. The third-order valence-electron chi connectivity index (χ3n) is 4.23. The van der Waals surface area contributed by atoms with Crippen molar-refractivity contribution in [2.75, 3.05) is 49.2 Å². The minimum Gasteiger partial charge on any atom is -0.399 e. The van der Waals surface area contributed by atoms with Crippen LogP contribution in [0.25, 0.3) is 0 Å². The first kappa shape index (κ1) is 17.0. The Balaban J connectivity index is 1.86. The molecule has 1 fully saturated rings. The van der Waals surface area contributed by atoms with Crippen molar-refractivity contribution >= 4 is 45.6 Å². The van der Waals surface area contributed by atoms with Gasteiger partial charge in [-0.1, -0.05) is 12.1 Å². The third kappa shape index (κ3) is 3.81. The maximum atomic E-state index is 12.6. The molecule has 0 bridgehead atoms. The molecule has 0 aliphatic carbocycles. The second-order valence-electron chi connectivity index (χ2n) is 6.00. The highest BCUT2D eigenvalue weighted by atomic mass is 127. The van der Waals surface area contributed by atoms with Gasteiger partial charge < -0.3 is 20.9 Å². The highest BCUT2D eigenvalue weighted by Crippen LogP contribution is 2.30. The van der Waals surface area contributed by atoms with Gasteiger partial charge in [0.25, 0.3) is 5.91 Å². The van der Waals surface area contributed by atoms with Crippen LogP contribution < -0.4 is 16.0 Å². The van der Waals surface area contributed by atoms with Crippen molar-refractivity contribution < 1.29 is 4.79 Å². The van der Waals surface area contributed by atoms with Crippen molar-refractivity contribution in [1.29, 1.82) is 0 Å². The van der Waals surface area contributed by atoms with Crippen LogP contribution in [0.5, 0.6) is 0 Å². The fourth-order valence-electron chi connectivity index (χ4n) is 2.81. The monoisotopic (exact) mass is 436 g/mol. The van der Waals surface area contributed by atoms with E-state index in [1.54, 1.807) is 0 Å². The Kier molecular flexibility index (Phi) is 5.25. The Labute approximate surface area is 156 Å². The van der Waals surface area contributed by atoms with Gasteiger partial charge in [-0.2, -0.15) is 0 Å². The molecule has 6 heteroatoms. The molecule has 0 unspecified atom stereocenters. The van der Waals surface area contributed by atoms with Crippen LogP contribution >= 0.6 is 22.6 Å². The number of nitrogens with zero attached hydrogens (tertiary/aromatic N) is 2. The van der Waals surface area contributed by atoms with E-state index in [2.05, 4.69) is 44.8 Å². The van der Waals surface area contributed by atoms with E-state index in [0.29, 0.717) is 11.3 Å². The first-order valence-corrected chi connectivity index (χ1v) is 9.01. The number of rotatable bonds is 3. The Morgan fingerprint density at radius 1 is 1.12 bits per heavy atom. The quantitative estimate of drug-likeness (QED) is 0.574. The molecule has 0 atom stereocenters. The van der Waals surface area contributed by atoms with Crippen LogP contribution in [-0.4, -0.2) is 44.0 Å². The van der Waals surface area contributed by atoms with E-state index in [-0.39, 0.29) is 5.91 Å². The third-order valence-corrected chi connectivity index (χ3v) is 5.17. The van der Waals surface area contributed by atoms with E-state index in [0.717, 1.165) is 41.1 Å². The van der Waals surface area contributed by atoms with Gasteiger partial charge in [-0.25, -0.2) is 0 Å². The zero-order valence-corrected chi connectivity index (χ0v) is 15.8. The number of hydrogen-bond acceptors (Lipinski definition) is 4. The lowest BCUT2D eigenvalue weighted by Gasteiger charge is -2.35. The molecular formula is C18H21IN4O. The number of carbonyl (C=O) groups is 1. The molecule has 3 rings (SSSR count). The number of hydrogen-bond donors (Lipinski definition) is 2. The number of likely N-dealkylation sites (N-methyl/N-ethyl adjacent to an activating group) is 1. The van der Waals surface area contributed by atoms with Gasteiger partial charge in [0.2, 0.25) is 0 Å². The summed E-state index contributed by atoms with van der Waals surface area (Å²) in [5.41, 5.74) is 9.05. The summed E-state index contributed by atoms with van der Waals surface area (Å²) in [5, 5.41) is 3.04. The highest BCUT2D eigenvalue weighted by Gasteiger charge is 2.19. The Morgan fingerprint density at radius 2 is 1.83 bits per heavy atom. The normalized spacial score (nSPS) is 15.3. The average molecular weight is 436 g/mol. The minimum absolute atomic E-state index is 0.110. The molecular weight excluding hydrogens is 415 g/mol. The molecule has 1 aliphatic rings. The van der Waals surface area contributed by atoms with Crippen molar-refractivity contribution in [3.05, 3.63) is 51.6 Å². The number of nitrogens with two attached hydrogens (primary N) is 1. The fraction of sp³-hybridized carbons (Fsp3) is 0.278. The summed E-state index contributed by atoms with van der Waals surface area (Å²) in [5.74, 6) is -0.110. The molecule has 5 nitrogen and oxygen atoms in total. The van der Waals surface area contributed by atoms with Gasteiger partial charge in [0, 0.05) is 35.4 Å². The number of anilines is 3. The van der Waals surface area contributed by atoms with Crippen molar-refractivity contribution in [3.8, 4) is 0 Å². The number of amides is 1. The molecule has 0 radical (unpaired) electrons. The predicted molar refractivity (Wildman–Crippen MR) is 108 cm³/mol. The molecule has 126 valence electrons. The van der Waals surface area contributed by atoms with Crippen LogP contribution in [0.4, 0.5) is 17.1 Å². The molecule has 2 aromatic rings. The van der Waals surface area contributed by atoms with Crippen molar-refractivity contribution in [2.45, 2.75) is 0 Å². The number of halogens is 1. The van der Waals surface area contributed by atoms with Gasteiger partial charge >= 0.3 is 0 Å². The first-order chi connectivity index (χ1) is 11.5. The number of benzene rings is 2. The van der Waals surface area contributed by atoms with Crippen LogP contribution in [0.15, 0.2) is 42.5 Å². The van der Waals surface area contributed by atoms with Gasteiger partial charge in [0.05, 0.1) is 16.9 Å². The molecule has 2 aromatic carbocycles. The van der Waals surface area contributed by atoms with E-state index >= 15 is 0 Å². The molecule has 1 heterocycles. The standard InChI is InChI=1S/C18H21IN4O/c1-22-8-10-23(11-9-22)17-7-6-13(20)12-16(17)21-18(24)14-4-2-3-5-15(14)19/h2-7,12H,8-11,20H2,1H3,(H,21,24). The number of piperazine rings is 1. The van der Waals surface area contributed by atoms with Crippen molar-refractivity contribution in [2.24, 2.45) is 0 Å². The van der Waals surface area contributed by atoms with E-state index in [1.807, 2.05) is 42.5 Å². The largest absolute Gasteiger partial charge is 0.399 e. The lowest BCUT2D eigenvalue weighted by molar-refractivity contribution is 0.102. The zero-order valence-electron chi connectivity index (χ0n) is 13.6. The molecule has 3 N–H and O–H groups in total. The first-order valence-electron chi connectivity index (χ1n) is 7.93. The fourth-order valence-corrected chi connectivity index (χ4v) is 3.44. The second kappa shape index (κ2) is 7.40. The maximum Gasteiger partial charge on any atom is 0.256 e. The number of nitrogens with one attached hydrogen (secondary N) is 1. The van der Waals surface area contributed by atoms with Gasteiger partial charge in [-0.3, -0.25) is 4.79 Å². The molecule has 0 saturated carbocycles. The second-order valence-corrected chi connectivity index (χ2v) is 7.16. The molecule has 1 aliphatic heterocycles. The molecule has 0 aromatic heterocycles. The number of nitrogen functional groups attached to an aromatic ring is 1. The van der Waals surface area contributed by atoms with E-state index in [9.17, 15) is 4.79 Å². The average Bonchev–Trinajstić information content (AvgIpc) is 2.56. The Bertz CT molecular complexity index is 742. The number of carbonyl (C=O) groups excluding carboxylic acids is 1. The molecule has 1 saturated heterocycles. The Hall–Kier alpha value is -1.80. The SMILES string of the molecule is CN1CCN(c2ccc(N)cc2NC(=O)c2ccccc2I)CC1. The van der Waals surface area contributed by atoms with Gasteiger partial charge in [0.15, 0.2) is 0 Å². The van der Waals surface area contributed by atoms with Crippen LogP contribution in [0, 0.1) is 3.57 Å². The van der Waals surface area contributed by atoms with E-state index < -0.39 is 0 Å². The summed E-state index contributed by atoms with van der Waals surface area (Å²) in [6, 6.07) is 13.3. The predicted octanol–water partition coefficient (Wildman–Crippen LogP) is 2.88. The van der Waals surface area contributed by atoms with Crippen LogP contribution in [-0.2, 0) is 0 Å². The maximum absolute atomic E-state index is 12.6. The summed E-state index contributed by atoms with van der Waals surface area (Å²) in [6.45, 7) is 3.89. The summed E-state index contributed by atoms with van der Waals surface area (Å²) in [4.78, 5) is 17.3. The smallest absolute Gasteiger partial charge is 0.256 e. The van der Waals surface area contributed by atoms with Crippen molar-refractivity contribution in [3.63, 3.8) is 0 Å². The summed E-state index contributed by atoms with van der Waals surface area (Å²) in [7, 11) is 2.13. The van der Waals surface area contributed by atoms with E-state index in [1.165, 1.54) is 0 Å². The van der Waals surface area contributed by atoms with Gasteiger partial charge in [-0.15, -0.1) is 0 Å². The van der Waals surface area contributed by atoms with Crippen LogP contribution in [0.2, 0.25) is 0 Å². The van der Waals surface area contributed by atoms with Crippen LogP contribution in [0.3, 0.4) is 0 Å². The molecule has 0 spiro atoms. The van der Waals surface area contributed by atoms with Crippen LogP contribution in [0.1, 0.15) is 10.4 Å². The zero-order chi connectivity index (χ0) is 17.1. The van der Waals surface area contributed by atoms with Gasteiger partial charge in [-0.05, 0) is 60.0 Å².